The summed E-state index contributed by atoms with van der Waals surface area (Å²) in [5, 5.41) is 20.8. The Hall–Kier alpha value is -4.84. The monoisotopic (exact) mass is 689 g/mol. The first-order chi connectivity index (χ1) is 24.2. The van der Waals surface area contributed by atoms with Gasteiger partial charge in [-0.25, -0.2) is 4.98 Å². The van der Waals surface area contributed by atoms with E-state index in [4.69, 9.17) is 0 Å². The number of pyridine rings is 1. The number of amides is 2. The van der Waals surface area contributed by atoms with Gasteiger partial charge in [0.1, 0.15) is 5.01 Å². The fraction of sp³-hybridized carbons (Fsp3) is 0.333. The molecule has 6 rings (SSSR count). The van der Waals surface area contributed by atoms with Gasteiger partial charge in [0.2, 0.25) is 0 Å². The van der Waals surface area contributed by atoms with Crippen LogP contribution >= 0.6 is 11.3 Å². The highest BCUT2D eigenvalue weighted by Crippen LogP contribution is 2.35. The minimum absolute atomic E-state index is 0.111. The van der Waals surface area contributed by atoms with Crippen molar-refractivity contribution in [3.05, 3.63) is 129 Å². The van der Waals surface area contributed by atoms with Crippen molar-refractivity contribution < 1.29 is 14.7 Å². The topological polar surface area (TPSA) is 133 Å². The summed E-state index contributed by atoms with van der Waals surface area (Å²) in [6.07, 6.45) is 9.69. The normalized spacial score (nSPS) is 15.6. The second-order valence-electron chi connectivity index (χ2n) is 13.1. The first-order valence-electron chi connectivity index (χ1n) is 17.1. The summed E-state index contributed by atoms with van der Waals surface area (Å²) < 4.78 is 0. The lowest BCUT2D eigenvalue weighted by molar-refractivity contribution is 0.0735. The maximum atomic E-state index is 14.1. The highest BCUT2D eigenvalue weighted by atomic mass is 32.1. The molecule has 50 heavy (non-hydrogen) atoms. The van der Waals surface area contributed by atoms with Gasteiger partial charge in [-0.2, -0.15) is 0 Å². The first-order valence-corrected chi connectivity index (χ1v) is 17.9. The van der Waals surface area contributed by atoms with E-state index in [1.165, 1.54) is 0 Å². The van der Waals surface area contributed by atoms with Crippen LogP contribution in [0.1, 0.15) is 86.8 Å². The van der Waals surface area contributed by atoms with Crippen LogP contribution in [-0.2, 0) is 13.0 Å². The van der Waals surface area contributed by atoms with Crippen molar-refractivity contribution in [1.82, 2.24) is 35.5 Å². The van der Waals surface area contributed by atoms with Crippen molar-refractivity contribution in [2.75, 3.05) is 13.1 Å². The van der Waals surface area contributed by atoms with Gasteiger partial charge < -0.3 is 20.6 Å². The fourth-order valence-electron chi connectivity index (χ4n) is 6.27. The third kappa shape index (κ3) is 8.65. The predicted molar refractivity (Wildman–Crippen MR) is 195 cm³/mol. The average molecular weight is 690 g/mol. The zero-order chi connectivity index (χ0) is 35.0. The van der Waals surface area contributed by atoms with Crippen LogP contribution in [0.5, 0.6) is 0 Å². The van der Waals surface area contributed by atoms with E-state index in [1.807, 2.05) is 59.9 Å². The number of likely N-dealkylation sites (tertiary alicyclic amines) is 1. The van der Waals surface area contributed by atoms with Crippen LogP contribution in [0.4, 0.5) is 0 Å². The lowest BCUT2D eigenvalue weighted by Crippen LogP contribution is -2.48. The number of aliphatic hydroxyl groups excluding tert-OH is 1. The van der Waals surface area contributed by atoms with Gasteiger partial charge in [0.15, 0.2) is 0 Å². The molecule has 5 aromatic rings. The van der Waals surface area contributed by atoms with Crippen LogP contribution in [0.25, 0.3) is 11.3 Å². The summed E-state index contributed by atoms with van der Waals surface area (Å²) in [5.74, 6) is -0.200. The molecule has 2 amide bonds. The molecule has 258 valence electrons. The maximum Gasteiger partial charge on any atom is 0.254 e. The van der Waals surface area contributed by atoms with E-state index in [0.29, 0.717) is 47.8 Å². The number of rotatable bonds is 13. The smallest absolute Gasteiger partial charge is 0.254 e. The number of thiazole rings is 1. The van der Waals surface area contributed by atoms with Crippen molar-refractivity contribution in [3.63, 3.8) is 0 Å². The van der Waals surface area contributed by atoms with Gasteiger partial charge in [0.05, 0.1) is 30.1 Å². The Morgan fingerprint density at radius 1 is 1.00 bits per heavy atom. The SMILES string of the molecule is Cc1csc([C@H]2CCCN2C(=O)c2cc(C(=O)N[C@@H](Cc3ccccc3)[C@@H](O)CNCc3cncc(C(C)C)c3)cc(-c3cnccn3)c2)n1. The zero-order valence-corrected chi connectivity index (χ0v) is 29.4. The van der Waals surface area contributed by atoms with Crippen LogP contribution in [0.2, 0.25) is 0 Å². The van der Waals surface area contributed by atoms with Gasteiger partial charge in [-0.3, -0.25) is 24.5 Å². The summed E-state index contributed by atoms with van der Waals surface area (Å²) in [4.78, 5) is 47.8. The van der Waals surface area contributed by atoms with E-state index in [2.05, 4.69) is 50.5 Å². The molecule has 0 unspecified atom stereocenters. The first kappa shape index (κ1) is 35.0. The molecule has 0 saturated carbocycles. The Balaban J connectivity index is 1.25. The Bertz CT molecular complexity index is 1900. The van der Waals surface area contributed by atoms with Gasteiger partial charge in [-0.1, -0.05) is 50.2 Å². The molecule has 0 radical (unpaired) electrons. The highest BCUT2D eigenvalue weighted by Gasteiger charge is 2.33. The van der Waals surface area contributed by atoms with Gasteiger partial charge in [0.25, 0.3) is 11.8 Å². The highest BCUT2D eigenvalue weighted by molar-refractivity contribution is 7.09. The summed E-state index contributed by atoms with van der Waals surface area (Å²) in [7, 11) is 0. The molecule has 0 spiro atoms. The molecule has 0 aliphatic carbocycles. The number of aromatic nitrogens is 4. The molecule has 11 heteroatoms. The van der Waals surface area contributed by atoms with Gasteiger partial charge in [-0.15, -0.1) is 11.3 Å². The van der Waals surface area contributed by atoms with E-state index in [9.17, 15) is 14.7 Å². The van der Waals surface area contributed by atoms with E-state index in [-0.39, 0.29) is 18.5 Å². The van der Waals surface area contributed by atoms with E-state index >= 15 is 0 Å². The maximum absolute atomic E-state index is 14.1. The molecule has 1 saturated heterocycles. The lowest BCUT2D eigenvalue weighted by atomic mass is 9.98. The van der Waals surface area contributed by atoms with Crippen LogP contribution in [0.15, 0.2) is 91.0 Å². The molecule has 3 N–H and O–H groups in total. The Kier molecular flexibility index (Phi) is 11.4. The molecule has 1 aliphatic heterocycles. The number of aryl methyl sites for hydroxylation is 1. The zero-order valence-electron chi connectivity index (χ0n) is 28.6. The minimum atomic E-state index is -0.906. The molecule has 3 aromatic heterocycles. The standard InChI is InChI=1S/C39H43N7O3S/c1-25(2)32-14-28(19-41-21-32)20-42-23-36(47)33(15-27-8-5-4-6-9-27)45-37(48)30-16-29(34-22-40-11-12-43-34)17-31(18-30)39(49)46-13-7-10-35(46)38-44-26(3)24-50-38/h4-6,8-9,11-12,14,16-19,21-22,24-25,33,35-36,42,47H,7,10,13,15,20,23H2,1-3H3,(H,45,48)/t33-,35+,36-/m0/s1. The van der Waals surface area contributed by atoms with Crippen molar-refractivity contribution in [1.29, 1.82) is 0 Å². The second-order valence-corrected chi connectivity index (χ2v) is 14.0. The summed E-state index contributed by atoms with van der Waals surface area (Å²) in [6.45, 7) is 7.60. The molecule has 10 nitrogen and oxygen atoms in total. The molecule has 1 fully saturated rings. The molecule has 3 atom stereocenters. The third-order valence-electron chi connectivity index (χ3n) is 8.98. The van der Waals surface area contributed by atoms with Crippen LogP contribution in [0, 0.1) is 6.92 Å². The Morgan fingerprint density at radius 2 is 1.82 bits per heavy atom. The van der Waals surface area contributed by atoms with E-state index < -0.39 is 18.1 Å². The second kappa shape index (κ2) is 16.2. The molecule has 1 aliphatic rings. The number of carbonyl (C=O) groups is 2. The predicted octanol–water partition coefficient (Wildman–Crippen LogP) is 5.90. The number of hydrogen-bond acceptors (Lipinski definition) is 9. The third-order valence-corrected chi connectivity index (χ3v) is 10.0. The van der Waals surface area contributed by atoms with Gasteiger partial charge in [0, 0.05) is 72.2 Å². The van der Waals surface area contributed by atoms with E-state index in [1.54, 1.807) is 48.1 Å². The van der Waals surface area contributed by atoms with Crippen LogP contribution in [-0.4, -0.2) is 67.0 Å². The van der Waals surface area contributed by atoms with Gasteiger partial charge in [-0.05, 0) is 67.0 Å². The number of benzene rings is 2. The van der Waals surface area contributed by atoms with Crippen molar-refractivity contribution in [3.8, 4) is 11.3 Å². The number of aliphatic hydroxyl groups is 1. The molecular weight excluding hydrogens is 647 g/mol. The number of hydrogen-bond donors (Lipinski definition) is 3. The lowest BCUT2D eigenvalue weighted by Gasteiger charge is -2.26. The fourth-order valence-corrected chi connectivity index (χ4v) is 7.21. The summed E-state index contributed by atoms with van der Waals surface area (Å²) >= 11 is 1.57. The van der Waals surface area contributed by atoms with Gasteiger partial charge >= 0.3 is 0 Å². The van der Waals surface area contributed by atoms with Crippen LogP contribution < -0.4 is 10.6 Å². The molecule has 0 bridgehead atoms. The number of nitrogens with one attached hydrogen (secondary N) is 2. The van der Waals surface area contributed by atoms with E-state index in [0.717, 1.165) is 40.2 Å². The van der Waals surface area contributed by atoms with Crippen LogP contribution in [0.3, 0.4) is 0 Å². The number of carbonyl (C=O) groups excluding carboxylic acids is 2. The van der Waals surface area contributed by atoms with Crippen molar-refractivity contribution in [2.24, 2.45) is 0 Å². The molecule has 4 heterocycles. The quantitative estimate of drug-likeness (QED) is 0.139. The summed E-state index contributed by atoms with van der Waals surface area (Å²) in [5.41, 5.74) is 5.93. The Labute approximate surface area is 297 Å². The largest absolute Gasteiger partial charge is 0.390 e. The molecular formula is C39H43N7O3S. The average Bonchev–Trinajstić information content (AvgIpc) is 3.81. The van der Waals surface area contributed by atoms with Crippen molar-refractivity contribution >= 4 is 23.2 Å². The summed E-state index contributed by atoms with van der Waals surface area (Å²) in [6, 6.07) is 16.3. The number of nitrogens with zero attached hydrogens (tertiary/aromatic N) is 5. The minimum Gasteiger partial charge on any atom is -0.390 e. The Morgan fingerprint density at radius 3 is 2.56 bits per heavy atom. The van der Waals surface area contributed by atoms with Crippen molar-refractivity contribution in [2.45, 2.75) is 70.7 Å². The molecule has 2 aromatic carbocycles.